The van der Waals surface area contributed by atoms with E-state index in [1.165, 1.54) is 11.6 Å². The van der Waals surface area contributed by atoms with Gasteiger partial charge in [-0.25, -0.2) is 13.4 Å². The van der Waals surface area contributed by atoms with Gasteiger partial charge in [-0.15, -0.1) is 0 Å². The Labute approximate surface area is 204 Å². The number of halogens is 1. The molecule has 0 saturated carbocycles. The Morgan fingerprint density at radius 3 is 2.09 bits per heavy atom. The number of rotatable bonds is 7. The lowest BCUT2D eigenvalue weighted by Crippen LogP contribution is -2.14. The molecule has 0 saturated heterocycles. The summed E-state index contributed by atoms with van der Waals surface area (Å²) in [6, 6.07) is 21.5. The van der Waals surface area contributed by atoms with Crippen LogP contribution in [0.15, 0.2) is 77.7 Å². The summed E-state index contributed by atoms with van der Waals surface area (Å²) in [5.74, 6) is 1.10. The summed E-state index contributed by atoms with van der Waals surface area (Å²) in [6.45, 7) is 5.60. The molecule has 4 aromatic rings. The number of hydrogen-bond acceptors (Lipinski definition) is 6. The Bertz CT molecular complexity index is 1420. The molecule has 3 N–H and O–H groups in total. The van der Waals surface area contributed by atoms with Crippen molar-refractivity contribution in [1.82, 2.24) is 9.97 Å². The summed E-state index contributed by atoms with van der Waals surface area (Å²) in [5.41, 5.74) is 4.56. The van der Waals surface area contributed by atoms with Gasteiger partial charge in [-0.2, -0.15) is 4.98 Å². The van der Waals surface area contributed by atoms with Gasteiger partial charge < -0.3 is 10.6 Å². The molecule has 0 aliphatic carbocycles. The van der Waals surface area contributed by atoms with E-state index in [0.29, 0.717) is 33.7 Å². The molecule has 0 atom stereocenters. The highest BCUT2D eigenvalue weighted by atomic mass is 35.5. The molecule has 9 heteroatoms. The number of hydrogen-bond donors (Lipinski definition) is 3. The van der Waals surface area contributed by atoms with Gasteiger partial charge in [0, 0.05) is 33.8 Å². The second-order valence-corrected chi connectivity index (χ2v) is 9.94. The van der Waals surface area contributed by atoms with Crippen molar-refractivity contribution in [3.05, 3.63) is 94.6 Å². The lowest BCUT2D eigenvalue weighted by atomic mass is 10.2. The molecule has 4 rings (SSSR count). The van der Waals surface area contributed by atoms with E-state index in [4.69, 9.17) is 11.6 Å². The molecule has 1 heterocycles. The van der Waals surface area contributed by atoms with Crippen molar-refractivity contribution >= 4 is 50.5 Å². The van der Waals surface area contributed by atoms with Crippen LogP contribution < -0.4 is 15.4 Å². The molecule has 0 unspecified atom stereocenters. The number of anilines is 5. The van der Waals surface area contributed by atoms with Gasteiger partial charge in [0.05, 0.1) is 4.90 Å². The van der Waals surface area contributed by atoms with Crippen LogP contribution in [0.1, 0.15) is 16.8 Å². The predicted octanol–water partition coefficient (Wildman–Crippen LogP) is 6.34. The van der Waals surface area contributed by atoms with E-state index >= 15 is 0 Å². The number of benzene rings is 3. The molecule has 0 aliphatic heterocycles. The van der Waals surface area contributed by atoms with Crippen molar-refractivity contribution in [3.63, 3.8) is 0 Å². The topological polar surface area (TPSA) is 96.0 Å². The Hall–Kier alpha value is -3.62. The van der Waals surface area contributed by atoms with Crippen LogP contribution in [-0.2, 0) is 10.0 Å². The predicted molar refractivity (Wildman–Crippen MR) is 138 cm³/mol. The number of nitrogens with one attached hydrogen (secondary N) is 3. The summed E-state index contributed by atoms with van der Waals surface area (Å²) in [6.07, 6.45) is 0. The van der Waals surface area contributed by atoms with Crippen LogP contribution in [0.25, 0.3) is 0 Å². The van der Waals surface area contributed by atoms with Crippen LogP contribution in [0.5, 0.6) is 0 Å². The smallest absolute Gasteiger partial charge is 0.262 e. The normalized spacial score (nSPS) is 11.2. The molecule has 7 nitrogen and oxygen atoms in total. The van der Waals surface area contributed by atoms with Crippen LogP contribution in [-0.4, -0.2) is 18.4 Å². The van der Waals surface area contributed by atoms with Crippen molar-refractivity contribution < 1.29 is 8.42 Å². The average molecular weight is 494 g/mol. The minimum atomic E-state index is -3.77. The minimum Gasteiger partial charge on any atom is -0.340 e. The van der Waals surface area contributed by atoms with Gasteiger partial charge in [-0.3, -0.25) is 4.72 Å². The third-order valence-electron chi connectivity index (χ3n) is 5.08. The van der Waals surface area contributed by atoms with E-state index in [2.05, 4.69) is 25.3 Å². The maximum Gasteiger partial charge on any atom is 0.262 e. The van der Waals surface area contributed by atoms with Crippen LogP contribution in [0.4, 0.5) is 28.8 Å². The summed E-state index contributed by atoms with van der Waals surface area (Å²) >= 11 is 6.08. The third-order valence-corrected chi connectivity index (χ3v) is 7.01. The molecule has 34 heavy (non-hydrogen) atoms. The first kappa shape index (κ1) is 23.5. The molecule has 1 aromatic heterocycles. The number of aryl methyl sites for hydroxylation is 2. The molecule has 0 fully saturated rings. The molecule has 174 valence electrons. The molecule has 0 bridgehead atoms. The largest absolute Gasteiger partial charge is 0.340 e. The molecule has 0 radical (unpaired) electrons. The number of sulfonamides is 1. The van der Waals surface area contributed by atoms with Gasteiger partial charge in [0.2, 0.25) is 5.95 Å². The fraction of sp³-hybridized carbons (Fsp3) is 0.120. The third kappa shape index (κ3) is 5.65. The molecule has 0 spiro atoms. The zero-order valence-corrected chi connectivity index (χ0v) is 20.5. The van der Waals surface area contributed by atoms with Gasteiger partial charge >= 0.3 is 0 Å². The highest BCUT2D eigenvalue weighted by Gasteiger charge is 2.18. The van der Waals surface area contributed by atoms with E-state index in [9.17, 15) is 8.42 Å². The zero-order valence-electron chi connectivity index (χ0n) is 18.9. The summed E-state index contributed by atoms with van der Waals surface area (Å²) in [4.78, 5) is 9.11. The van der Waals surface area contributed by atoms with Crippen LogP contribution in [0.2, 0.25) is 5.02 Å². The van der Waals surface area contributed by atoms with Crippen molar-refractivity contribution in [2.45, 2.75) is 25.7 Å². The average Bonchev–Trinajstić information content (AvgIpc) is 2.78. The standard InChI is InChI=1S/C25H24ClN5O2S/c1-16-7-9-19(10-8-16)28-24-15-17(2)27-25(30-24)29-20-11-13-21(14-12-20)31-34(32,33)23-6-4-5-22(26)18(23)3/h4-15,31H,1-3H3,(H2,27,28,29,30). The first-order chi connectivity index (χ1) is 16.2. The van der Waals surface area contributed by atoms with Gasteiger partial charge in [0.25, 0.3) is 10.0 Å². The van der Waals surface area contributed by atoms with Crippen LogP contribution in [0.3, 0.4) is 0 Å². The van der Waals surface area contributed by atoms with Gasteiger partial charge in [0.1, 0.15) is 5.82 Å². The van der Waals surface area contributed by atoms with Gasteiger partial charge in [0.15, 0.2) is 0 Å². The van der Waals surface area contributed by atoms with Gasteiger partial charge in [-0.05, 0) is 74.9 Å². The van der Waals surface area contributed by atoms with Crippen LogP contribution >= 0.6 is 11.6 Å². The SMILES string of the molecule is Cc1ccc(Nc2cc(C)nc(Nc3ccc(NS(=O)(=O)c4cccc(Cl)c4C)cc3)n2)cc1. The minimum absolute atomic E-state index is 0.143. The number of nitrogens with zero attached hydrogens (tertiary/aromatic N) is 2. The Balaban J connectivity index is 1.48. The van der Waals surface area contributed by atoms with Crippen molar-refractivity contribution in [1.29, 1.82) is 0 Å². The zero-order chi connectivity index (χ0) is 24.3. The Morgan fingerprint density at radius 2 is 1.38 bits per heavy atom. The van der Waals surface area contributed by atoms with Crippen LogP contribution in [0, 0.1) is 20.8 Å². The highest BCUT2D eigenvalue weighted by molar-refractivity contribution is 7.92. The molecule has 3 aromatic carbocycles. The molecule has 0 aliphatic rings. The quantitative estimate of drug-likeness (QED) is 0.278. The first-order valence-corrected chi connectivity index (χ1v) is 12.4. The Morgan fingerprint density at radius 1 is 0.765 bits per heavy atom. The lowest BCUT2D eigenvalue weighted by Gasteiger charge is -2.12. The lowest BCUT2D eigenvalue weighted by molar-refractivity contribution is 0.600. The van der Waals surface area contributed by atoms with E-state index < -0.39 is 10.0 Å². The summed E-state index contributed by atoms with van der Waals surface area (Å²) < 4.78 is 28.2. The summed E-state index contributed by atoms with van der Waals surface area (Å²) in [7, 11) is -3.77. The fourth-order valence-electron chi connectivity index (χ4n) is 3.31. The molecule has 0 amide bonds. The molecular formula is C25H24ClN5O2S. The highest BCUT2D eigenvalue weighted by Crippen LogP contribution is 2.26. The Kier molecular flexibility index (Phi) is 6.72. The van der Waals surface area contributed by atoms with Crippen molar-refractivity contribution in [3.8, 4) is 0 Å². The maximum atomic E-state index is 12.8. The molecular weight excluding hydrogens is 470 g/mol. The van der Waals surface area contributed by atoms with E-state index in [0.717, 1.165) is 11.4 Å². The fourth-order valence-corrected chi connectivity index (χ4v) is 4.87. The van der Waals surface area contributed by atoms with E-state index in [1.807, 2.05) is 44.2 Å². The van der Waals surface area contributed by atoms with E-state index in [-0.39, 0.29) is 4.90 Å². The van der Waals surface area contributed by atoms with Gasteiger partial charge in [-0.1, -0.05) is 35.4 Å². The second-order valence-electron chi connectivity index (χ2n) is 7.88. The van der Waals surface area contributed by atoms with Crippen molar-refractivity contribution in [2.24, 2.45) is 0 Å². The van der Waals surface area contributed by atoms with Crippen molar-refractivity contribution in [2.75, 3.05) is 15.4 Å². The second kappa shape index (κ2) is 9.70. The monoisotopic (exact) mass is 493 g/mol. The van der Waals surface area contributed by atoms with E-state index in [1.54, 1.807) is 43.3 Å². The summed E-state index contributed by atoms with van der Waals surface area (Å²) in [5, 5.41) is 6.84. The first-order valence-electron chi connectivity index (χ1n) is 10.5. The maximum absolute atomic E-state index is 12.8. The number of aromatic nitrogens is 2.